The van der Waals surface area contributed by atoms with Crippen LogP contribution in [0.1, 0.15) is 17.0 Å². The zero-order valence-corrected chi connectivity index (χ0v) is 16.5. The molecule has 1 fully saturated rings. The number of ether oxygens (including phenoxy) is 2. The lowest BCUT2D eigenvalue weighted by molar-refractivity contribution is 0.0762. The van der Waals surface area contributed by atoms with Crippen LogP contribution < -0.4 is 4.74 Å². The zero-order chi connectivity index (χ0) is 19.5. The van der Waals surface area contributed by atoms with E-state index in [1.807, 2.05) is 43.5 Å². The molecule has 1 aliphatic rings. The van der Waals surface area contributed by atoms with Gasteiger partial charge in [0.1, 0.15) is 11.5 Å². The van der Waals surface area contributed by atoms with Crippen LogP contribution in [0.4, 0.5) is 0 Å². The van der Waals surface area contributed by atoms with Crippen LogP contribution in [0.15, 0.2) is 41.1 Å². The molecular weight excluding hydrogens is 356 g/mol. The Labute approximate surface area is 164 Å². The van der Waals surface area contributed by atoms with E-state index in [1.54, 1.807) is 14.2 Å². The maximum absolute atomic E-state index is 5.75. The number of nitrogens with zero attached hydrogens (tertiary/aromatic N) is 3. The molecule has 3 aromatic rings. The van der Waals surface area contributed by atoms with E-state index in [-0.39, 0.29) is 6.10 Å². The fourth-order valence-corrected chi connectivity index (χ4v) is 3.97. The number of benzene rings is 1. The minimum absolute atomic E-state index is 0.182. The fraction of sp³-hybridized carbons (Fsp3) is 0.429. The number of aromatic amines is 1. The van der Waals surface area contributed by atoms with Crippen molar-refractivity contribution in [3.8, 4) is 17.0 Å². The topological polar surface area (TPSA) is 76.4 Å². The van der Waals surface area contributed by atoms with Gasteiger partial charge >= 0.3 is 0 Å². The molecule has 4 rings (SSSR count). The second-order valence-corrected chi connectivity index (χ2v) is 7.37. The van der Waals surface area contributed by atoms with Crippen LogP contribution in [-0.2, 0) is 17.7 Å². The molecule has 3 heterocycles. The van der Waals surface area contributed by atoms with Gasteiger partial charge in [-0.1, -0.05) is 5.16 Å². The summed E-state index contributed by atoms with van der Waals surface area (Å²) in [5.74, 6) is 2.15. The van der Waals surface area contributed by atoms with Crippen LogP contribution in [0.2, 0.25) is 0 Å². The van der Waals surface area contributed by atoms with Crippen molar-refractivity contribution in [3.63, 3.8) is 0 Å². The number of aryl methyl sites for hydroxylation is 1. The molecule has 2 aromatic heterocycles. The highest BCUT2D eigenvalue weighted by Gasteiger charge is 2.34. The number of hydrogen-bond donors (Lipinski definition) is 1. The number of nitrogens with one attached hydrogen (secondary N) is 1. The van der Waals surface area contributed by atoms with Crippen LogP contribution in [0, 0.1) is 12.8 Å². The molecule has 7 heteroatoms. The maximum atomic E-state index is 5.75. The molecule has 0 unspecified atom stereocenters. The van der Waals surface area contributed by atoms with Crippen LogP contribution in [0.5, 0.6) is 5.75 Å². The van der Waals surface area contributed by atoms with Gasteiger partial charge in [-0.05, 0) is 31.2 Å². The van der Waals surface area contributed by atoms with E-state index >= 15 is 0 Å². The Morgan fingerprint density at radius 2 is 2.04 bits per heavy atom. The Morgan fingerprint density at radius 3 is 2.71 bits per heavy atom. The molecule has 0 radical (unpaired) electrons. The first-order chi connectivity index (χ1) is 13.7. The van der Waals surface area contributed by atoms with Crippen LogP contribution in [0.3, 0.4) is 0 Å². The lowest BCUT2D eigenvalue weighted by Crippen LogP contribution is -2.23. The van der Waals surface area contributed by atoms with Gasteiger partial charge in [0.25, 0.3) is 0 Å². The second-order valence-electron chi connectivity index (χ2n) is 7.37. The van der Waals surface area contributed by atoms with E-state index in [0.717, 1.165) is 54.5 Å². The summed E-state index contributed by atoms with van der Waals surface area (Å²) in [4.78, 5) is 2.42. The standard InChI is InChI=1S/C21H26N4O3/c1-14-8-19(28-24-14)9-16-11-25(13-20(16)27-3)12-17-10-22-23-21(17)15-4-6-18(26-2)7-5-15/h4-8,10,16,20H,9,11-13H2,1-3H3,(H,22,23)/t16-,20+/m1/s1. The average Bonchev–Trinajstić information content (AvgIpc) is 3.43. The third-order valence-corrected chi connectivity index (χ3v) is 5.39. The second kappa shape index (κ2) is 8.16. The van der Waals surface area contributed by atoms with Crippen LogP contribution >= 0.6 is 0 Å². The van der Waals surface area contributed by atoms with Crippen molar-refractivity contribution < 1.29 is 14.0 Å². The molecule has 2 atom stereocenters. The van der Waals surface area contributed by atoms with E-state index in [9.17, 15) is 0 Å². The minimum atomic E-state index is 0.182. The monoisotopic (exact) mass is 382 g/mol. The quantitative estimate of drug-likeness (QED) is 0.677. The van der Waals surface area contributed by atoms with E-state index in [4.69, 9.17) is 14.0 Å². The van der Waals surface area contributed by atoms with Gasteiger partial charge in [-0.25, -0.2) is 0 Å². The molecule has 1 aliphatic heterocycles. The molecule has 0 bridgehead atoms. The summed E-state index contributed by atoms with van der Waals surface area (Å²) in [6.45, 7) is 4.61. The molecule has 148 valence electrons. The van der Waals surface area contributed by atoms with Gasteiger partial charge in [0.05, 0.1) is 30.8 Å². The minimum Gasteiger partial charge on any atom is -0.497 e. The van der Waals surface area contributed by atoms with Crippen molar-refractivity contribution in [2.24, 2.45) is 5.92 Å². The number of rotatable bonds is 7. The SMILES string of the molecule is COc1ccc(-c2[nH]ncc2CN2C[C@@H](Cc3cc(C)no3)[C@@H](OC)C2)cc1. The zero-order valence-electron chi connectivity index (χ0n) is 16.5. The molecular formula is C21H26N4O3. The molecule has 0 saturated carbocycles. The largest absolute Gasteiger partial charge is 0.497 e. The summed E-state index contributed by atoms with van der Waals surface area (Å²) in [7, 11) is 3.46. The number of methoxy groups -OCH3 is 2. The van der Waals surface area contributed by atoms with Gasteiger partial charge in [0.2, 0.25) is 0 Å². The van der Waals surface area contributed by atoms with Crippen molar-refractivity contribution in [1.29, 1.82) is 0 Å². The summed E-state index contributed by atoms with van der Waals surface area (Å²) in [6, 6.07) is 10.0. The van der Waals surface area contributed by atoms with Gasteiger partial charge in [-0.2, -0.15) is 5.10 Å². The van der Waals surface area contributed by atoms with E-state index < -0.39 is 0 Å². The summed E-state index contributed by atoms with van der Waals surface area (Å²) >= 11 is 0. The van der Waals surface area contributed by atoms with Crippen LogP contribution in [-0.4, -0.2) is 53.7 Å². The number of hydrogen-bond acceptors (Lipinski definition) is 6. The highest BCUT2D eigenvalue weighted by atomic mass is 16.5. The van der Waals surface area contributed by atoms with Gasteiger partial charge in [-0.15, -0.1) is 0 Å². The summed E-state index contributed by atoms with van der Waals surface area (Å²) < 4.78 is 16.4. The Hall–Kier alpha value is -2.64. The van der Waals surface area contributed by atoms with Gasteiger partial charge in [-0.3, -0.25) is 10.00 Å². The molecule has 0 spiro atoms. The van der Waals surface area contributed by atoms with E-state index in [0.29, 0.717) is 5.92 Å². The lowest BCUT2D eigenvalue weighted by Gasteiger charge is -2.15. The summed E-state index contributed by atoms with van der Waals surface area (Å²) in [5, 5.41) is 11.4. The summed E-state index contributed by atoms with van der Waals surface area (Å²) in [6.07, 6.45) is 2.93. The van der Waals surface area contributed by atoms with E-state index in [1.165, 1.54) is 5.56 Å². The summed E-state index contributed by atoms with van der Waals surface area (Å²) in [5.41, 5.74) is 4.24. The Bertz CT molecular complexity index is 903. The predicted molar refractivity (Wildman–Crippen MR) is 105 cm³/mol. The third-order valence-electron chi connectivity index (χ3n) is 5.39. The van der Waals surface area contributed by atoms with Crippen molar-refractivity contribution in [3.05, 3.63) is 53.5 Å². The maximum Gasteiger partial charge on any atom is 0.137 e. The molecule has 0 aliphatic carbocycles. The van der Waals surface area contributed by atoms with Crippen molar-refractivity contribution in [1.82, 2.24) is 20.3 Å². The fourth-order valence-electron chi connectivity index (χ4n) is 3.97. The van der Waals surface area contributed by atoms with Gasteiger partial charge in [0.15, 0.2) is 0 Å². The average molecular weight is 382 g/mol. The van der Waals surface area contributed by atoms with Gasteiger partial charge < -0.3 is 14.0 Å². The normalized spacial score (nSPS) is 20.0. The highest BCUT2D eigenvalue weighted by Crippen LogP contribution is 2.28. The van der Waals surface area contributed by atoms with Crippen molar-refractivity contribution in [2.75, 3.05) is 27.3 Å². The number of aromatic nitrogens is 3. The smallest absolute Gasteiger partial charge is 0.137 e. The number of H-pyrrole nitrogens is 1. The Morgan fingerprint density at radius 1 is 1.21 bits per heavy atom. The molecule has 1 N–H and O–H groups in total. The van der Waals surface area contributed by atoms with Crippen LogP contribution in [0.25, 0.3) is 11.3 Å². The highest BCUT2D eigenvalue weighted by molar-refractivity contribution is 5.63. The van der Waals surface area contributed by atoms with Crippen molar-refractivity contribution in [2.45, 2.75) is 26.0 Å². The Balaban J connectivity index is 1.45. The number of likely N-dealkylation sites (tertiary alicyclic amines) is 1. The van der Waals surface area contributed by atoms with Crippen molar-refractivity contribution >= 4 is 0 Å². The third kappa shape index (κ3) is 3.95. The molecule has 28 heavy (non-hydrogen) atoms. The van der Waals surface area contributed by atoms with Gasteiger partial charge in [0, 0.05) is 56.3 Å². The van der Waals surface area contributed by atoms with E-state index in [2.05, 4.69) is 20.3 Å². The first-order valence-corrected chi connectivity index (χ1v) is 9.50. The lowest BCUT2D eigenvalue weighted by atomic mass is 10.0. The predicted octanol–water partition coefficient (Wildman–Crippen LogP) is 3.07. The molecule has 1 saturated heterocycles. The Kier molecular flexibility index (Phi) is 5.45. The molecule has 7 nitrogen and oxygen atoms in total. The first kappa shape index (κ1) is 18.7. The molecule has 0 amide bonds. The first-order valence-electron chi connectivity index (χ1n) is 9.50. The molecule has 1 aromatic carbocycles.